The number of hydrogen-bond donors (Lipinski definition) is 1. The highest BCUT2D eigenvalue weighted by molar-refractivity contribution is 5.65. The van der Waals surface area contributed by atoms with E-state index in [-0.39, 0.29) is 0 Å². The maximum atomic E-state index is 10.6. The molecule has 1 unspecified atom stereocenters. The van der Waals surface area contributed by atoms with Crippen LogP contribution in [0.25, 0.3) is 0 Å². The Balaban J connectivity index is 4.01. The minimum Gasteiger partial charge on any atom is -0.443 e. The molecule has 0 saturated carbocycles. The van der Waals surface area contributed by atoms with Gasteiger partial charge in [0.05, 0.1) is 0 Å². The van der Waals surface area contributed by atoms with Crippen molar-refractivity contribution in [3.63, 3.8) is 0 Å². The molecule has 2 N–H and O–H groups in total. The Kier molecular flexibility index (Phi) is 4.81. The van der Waals surface area contributed by atoms with Gasteiger partial charge in [-0.2, -0.15) is 0 Å². The van der Waals surface area contributed by atoms with Crippen molar-refractivity contribution in [1.29, 1.82) is 0 Å². The molecule has 1 amide bonds. The average molecular weight is 187 g/mol. The normalized spacial score (nSPS) is 13.8. The van der Waals surface area contributed by atoms with Crippen molar-refractivity contribution >= 4 is 6.09 Å². The maximum absolute atomic E-state index is 10.6. The lowest BCUT2D eigenvalue weighted by Gasteiger charge is -2.30. The summed E-state index contributed by atoms with van der Waals surface area (Å²) < 4.78 is 5.04. The van der Waals surface area contributed by atoms with Crippen LogP contribution >= 0.6 is 0 Å². The van der Waals surface area contributed by atoms with Crippen LogP contribution in [-0.4, -0.2) is 11.7 Å². The van der Waals surface area contributed by atoms with E-state index in [0.717, 1.165) is 19.3 Å². The zero-order valence-corrected chi connectivity index (χ0v) is 9.09. The number of hydrogen-bond acceptors (Lipinski definition) is 2. The Labute approximate surface area is 80.6 Å². The van der Waals surface area contributed by atoms with Gasteiger partial charge in [0.1, 0.15) is 5.60 Å². The van der Waals surface area contributed by atoms with Gasteiger partial charge in [0.25, 0.3) is 0 Å². The lowest BCUT2D eigenvalue weighted by atomic mass is 9.88. The average Bonchev–Trinajstić information content (AvgIpc) is 1.97. The van der Waals surface area contributed by atoms with E-state index in [1.807, 2.05) is 13.8 Å². The number of amides is 1. The number of nitrogens with two attached hydrogens (primary N) is 1. The highest BCUT2D eigenvalue weighted by atomic mass is 16.6. The van der Waals surface area contributed by atoms with Crippen molar-refractivity contribution < 1.29 is 9.53 Å². The van der Waals surface area contributed by atoms with Crippen molar-refractivity contribution in [2.24, 2.45) is 11.7 Å². The molecule has 0 heterocycles. The summed E-state index contributed by atoms with van der Waals surface area (Å²) in [6.07, 6.45) is 2.70. The van der Waals surface area contributed by atoms with Gasteiger partial charge >= 0.3 is 6.09 Å². The standard InChI is InChI=1S/C10H21NO2/c1-5-6-7-8(2)10(3,4)13-9(11)12/h8H,5-7H2,1-4H3,(H2,11,12). The van der Waals surface area contributed by atoms with Gasteiger partial charge in [0.2, 0.25) is 0 Å². The second-order valence-corrected chi connectivity index (χ2v) is 4.07. The van der Waals surface area contributed by atoms with E-state index < -0.39 is 11.7 Å². The van der Waals surface area contributed by atoms with Crippen LogP contribution in [0.2, 0.25) is 0 Å². The van der Waals surface area contributed by atoms with Gasteiger partial charge in [0.15, 0.2) is 0 Å². The first kappa shape index (κ1) is 12.3. The fourth-order valence-electron chi connectivity index (χ4n) is 1.22. The molecule has 0 bridgehead atoms. The van der Waals surface area contributed by atoms with Crippen LogP contribution in [0, 0.1) is 5.92 Å². The summed E-state index contributed by atoms with van der Waals surface area (Å²) in [6, 6.07) is 0. The van der Waals surface area contributed by atoms with Crippen molar-refractivity contribution in [1.82, 2.24) is 0 Å². The molecule has 0 saturated heterocycles. The molecule has 13 heavy (non-hydrogen) atoms. The Morgan fingerprint density at radius 1 is 1.54 bits per heavy atom. The third-order valence-corrected chi connectivity index (χ3v) is 2.54. The van der Waals surface area contributed by atoms with Crippen LogP contribution in [0.4, 0.5) is 4.79 Å². The van der Waals surface area contributed by atoms with Gasteiger partial charge in [-0.05, 0) is 26.2 Å². The van der Waals surface area contributed by atoms with Gasteiger partial charge < -0.3 is 10.5 Å². The van der Waals surface area contributed by atoms with Crippen molar-refractivity contribution in [2.45, 2.75) is 52.6 Å². The van der Waals surface area contributed by atoms with Crippen LogP contribution in [0.1, 0.15) is 47.0 Å². The summed E-state index contributed by atoms with van der Waals surface area (Å²) in [5.41, 5.74) is 4.54. The minimum absolute atomic E-state index is 0.347. The Bertz CT molecular complexity index is 166. The molecule has 0 spiro atoms. The fraction of sp³-hybridized carbons (Fsp3) is 0.900. The molecule has 3 nitrogen and oxygen atoms in total. The smallest absolute Gasteiger partial charge is 0.405 e. The van der Waals surface area contributed by atoms with Crippen LogP contribution < -0.4 is 5.73 Å². The SMILES string of the molecule is CCCCC(C)C(C)(C)OC(N)=O. The quantitative estimate of drug-likeness (QED) is 0.719. The highest BCUT2D eigenvalue weighted by Gasteiger charge is 2.28. The summed E-state index contributed by atoms with van der Waals surface area (Å²) >= 11 is 0. The van der Waals surface area contributed by atoms with E-state index in [1.165, 1.54) is 0 Å². The summed E-state index contributed by atoms with van der Waals surface area (Å²) in [7, 11) is 0. The molecule has 0 aromatic carbocycles. The molecule has 0 rings (SSSR count). The number of rotatable bonds is 5. The predicted octanol–water partition coefficient (Wildman–Crippen LogP) is 2.69. The van der Waals surface area contributed by atoms with E-state index in [0.29, 0.717) is 5.92 Å². The second-order valence-electron chi connectivity index (χ2n) is 4.07. The van der Waals surface area contributed by atoms with E-state index in [2.05, 4.69) is 13.8 Å². The largest absolute Gasteiger partial charge is 0.443 e. The van der Waals surface area contributed by atoms with E-state index in [1.54, 1.807) is 0 Å². The Morgan fingerprint density at radius 2 is 2.08 bits per heavy atom. The minimum atomic E-state index is -0.687. The summed E-state index contributed by atoms with van der Waals surface area (Å²) in [6.45, 7) is 8.03. The van der Waals surface area contributed by atoms with E-state index in [9.17, 15) is 4.79 Å². The first-order chi connectivity index (χ1) is 5.90. The molecule has 0 aromatic rings. The molecule has 0 aliphatic carbocycles. The molecule has 3 heteroatoms. The summed E-state index contributed by atoms with van der Waals surface area (Å²) in [5, 5.41) is 0. The second kappa shape index (κ2) is 5.10. The van der Waals surface area contributed by atoms with Gasteiger partial charge in [-0.1, -0.05) is 26.7 Å². The first-order valence-electron chi connectivity index (χ1n) is 4.88. The molecule has 0 fully saturated rings. The zero-order chi connectivity index (χ0) is 10.5. The van der Waals surface area contributed by atoms with Crippen LogP contribution in [0.5, 0.6) is 0 Å². The van der Waals surface area contributed by atoms with Crippen LogP contribution in [0.15, 0.2) is 0 Å². The summed E-state index contributed by atoms with van der Waals surface area (Å²) in [4.78, 5) is 10.6. The molecule has 78 valence electrons. The third-order valence-electron chi connectivity index (χ3n) is 2.54. The Hall–Kier alpha value is -0.730. The highest BCUT2D eigenvalue weighted by Crippen LogP contribution is 2.25. The van der Waals surface area contributed by atoms with Gasteiger partial charge in [0, 0.05) is 0 Å². The monoisotopic (exact) mass is 187 g/mol. The van der Waals surface area contributed by atoms with Crippen molar-refractivity contribution in [2.75, 3.05) is 0 Å². The predicted molar refractivity (Wildman–Crippen MR) is 53.4 cm³/mol. The van der Waals surface area contributed by atoms with Gasteiger partial charge in [-0.15, -0.1) is 0 Å². The Morgan fingerprint density at radius 3 is 2.46 bits per heavy atom. The van der Waals surface area contributed by atoms with Gasteiger partial charge in [-0.3, -0.25) is 0 Å². The molecule has 0 radical (unpaired) electrons. The third kappa shape index (κ3) is 4.76. The van der Waals surface area contributed by atoms with Crippen molar-refractivity contribution in [3.8, 4) is 0 Å². The van der Waals surface area contributed by atoms with E-state index in [4.69, 9.17) is 10.5 Å². The number of carbonyl (C=O) groups excluding carboxylic acids is 1. The van der Waals surface area contributed by atoms with Crippen molar-refractivity contribution in [3.05, 3.63) is 0 Å². The number of primary amides is 1. The molecular weight excluding hydrogens is 166 g/mol. The van der Waals surface area contributed by atoms with Crippen LogP contribution in [-0.2, 0) is 4.74 Å². The lowest BCUT2D eigenvalue weighted by molar-refractivity contribution is 0.00136. The molecular formula is C10H21NO2. The molecule has 0 aliphatic heterocycles. The lowest BCUT2D eigenvalue weighted by Crippen LogP contribution is -2.37. The number of unbranched alkanes of at least 4 members (excludes halogenated alkanes) is 1. The number of ether oxygens (including phenoxy) is 1. The van der Waals surface area contributed by atoms with Gasteiger partial charge in [-0.25, -0.2) is 4.79 Å². The van der Waals surface area contributed by atoms with Crippen LogP contribution in [0.3, 0.4) is 0 Å². The summed E-state index contributed by atoms with van der Waals surface area (Å²) in [5.74, 6) is 0.347. The zero-order valence-electron chi connectivity index (χ0n) is 9.09. The maximum Gasteiger partial charge on any atom is 0.405 e. The first-order valence-corrected chi connectivity index (χ1v) is 4.88. The number of carbonyl (C=O) groups is 1. The fourth-order valence-corrected chi connectivity index (χ4v) is 1.22. The molecule has 1 atom stereocenters. The molecule has 0 aliphatic rings. The van der Waals surface area contributed by atoms with E-state index >= 15 is 0 Å². The molecule has 0 aromatic heterocycles. The topological polar surface area (TPSA) is 52.3 Å².